The molecule has 0 bridgehead atoms. The van der Waals surface area contributed by atoms with Crippen molar-refractivity contribution in [1.29, 1.82) is 0 Å². The molecule has 1 unspecified atom stereocenters. The third-order valence-electron chi connectivity index (χ3n) is 3.36. The van der Waals surface area contributed by atoms with Crippen LogP contribution in [0.25, 0.3) is 0 Å². The van der Waals surface area contributed by atoms with E-state index >= 15 is 0 Å². The molecule has 90 valence electrons. The van der Waals surface area contributed by atoms with Crippen LogP contribution in [-0.4, -0.2) is 12.6 Å². The molecule has 1 nitrogen and oxygen atoms in total. The van der Waals surface area contributed by atoms with Crippen molar-refractivity contribution in [2.45, 2.75) is 47.1 Å². The molecular weight excluding hydrogens is 194 g/mol. The van der Waals surface area contributed by atoms with Crippen molar-refractivity contribution in [2.24, 2.45) is 5.92 Å². The molecule has 1 heteroatoms. The summed E-state index contributed by atoms with van der Waals surface area (Å²) in [4.78, 5) is 0. The largest absolute Gasteiger partial charge is 0.314 e. The second-order valence-electron chi connectivity index (χ2n) is 5.17. The lowest BCUT2D eigenvalue weighted by Crippen LogP contribution is -2.32. The zero-order valence-electron chi connectivity index (χ0n) is 11.3. The Morgan fingerprint density at radius 2 is 1.81 bits per heavy atom. The molecule has 1 rings (SSSR count). The Hall–Kier alpha value is -0.820. The van der Waals surface area contributed by atoms with Crippen LogP contribution >= 0.6 is 0 Å². The summed E-state index contributed by atoms with van der Waals surface area (Å²) in [6.45, 7) is 12.2. The molecule has 0 saturated carbocycles. The molecule has 0 aliphatic rings. The normalized spacial score (nSPS) is 13.1. The zero-order valence-corrected chi connectivity index (χ0v) is 11.3. The van der Waals surface area contributed by atoms with Crippen LogP contribution in [0.3, 0.4) is 0 Å². The number of hydrogen-bond donors (Lipinski definition) is 1. The van der Waals surface area contributed by atoms with E-state index in [1.807, 2.05) is 0 Å². The smallest absolute Gasteiger partial charge is 0.00618 e. The van der Waals surface area contributed by atoms with E-state index in [4.69, 9.17) is 0 Å². The molecule has 0 aromatic heterocycles. The molecule has 1 atom stereocenters. The summed E-state index contributed by atoms with van der Waals surface area (Å²) < 4.78 is 0. The van der Waals surface area contributed by atoms with E-state index in [-0.39, 0.29) is 0 Å². The van der Waals surface area contributed by atoms with Gasteiger partial charge in [0, 0.05) is 6.04 Å². The van der Waals surface area contributed by atoms with E-state index < -0.39 is 0 Å². The lowest BCUT2D eigenvalue weighted by Gasteiger charge is -2.17. The van der Waals surface area contributed by atoms with Crippen molar-refractivity contribution in [3.05, 3.63) is 34.9 Å². The maximum Gasteiger partial charge on any atom is 0.00618 e. The predicted octanol–water partition coefficient (Wildman–Crippen LogP) is 3.48. The highest BCUT2D eigenvalue weighted by Gasteiger charge is 2.05. The fraction of sp³-hybridized carbons (Fsp3) is 0.600. The molecule has 1 aromatic rings. The molecule has 0 spiro atoms. The van der Waals surface area contributed by atoms with Crippen LogP contribution in [-0.2, 0) is 6.42 Å². The van der Waals surface area contributed by atoms with Gasteiger partial charge in [0.05, 0.1) is 0 Å². The molecular formula is C15H25N. The number of nitrogens with one attached hydrogen (secondary N) is 1. The molecule has 0 heterocycles. The Morgan fingerprint density at radius 1 is 1.12 bits per heavy atom. The van der Waals surface area contributed by atoms with E-state index in [9.17, 15) is 0 Å². The van der Waals surface area contributed by atoms with E-state index in [2.05, 4.69) is 58.1 Å². The summed E-state index contributed by atoms with van der Waals surface area (Å²) in [5.74, 6) is 0.708. The maximum absolute atomic E-state index is 3.57. The van der Waals surface area contributed by atoms with E-state index in [0.717, 1.165) is 13.0 Å². The van der Waals surface area contributed by atoms with Crippen LogP contribution in [0.2, 0.25) is 0 Å². The SMILES string of the molecule is Cc1ccc(CCNC(C)C(C)C)c(C)c1. The molecule has 0 aliphatic carbocycles. The molecule has 0 saturated heterocycles. The van der Waals surface area contributed by atoms with Crippen molar-refractivity contribution in [3.63, 3.8) is 0 Å². The lowest BCUT2D eigenvalue weighted by molar-refractivity contribution is 0.430. The first-order valence-corrected chi connectivity index (χ1v) is 6.30. The Balaban J connectivity index is 2.43. The minimum Gasteiger partial charge on any atom is -0.314 e. The molecule has 1 aromatic carbocycles. The number of benzene rings is 1. The highest BCUT2D eigenvalue weighted by Crippen LogP contribution is 2.11. The molecule has 0 radical (unpaired) electrons. The highest BCUT2D eigenvalue weighted by molar-refractivity contribution is 5.30. The Kier molecular flexibility index (Phi) is 5.01. The Labute approximate surface area is 100 Å². The molecule has 0 aliphatic heterocycles. The van der Waals surface area contributed by atoms with Gasteiger partial charge in [-0.2, -0.15) is 0 Å². The molecule has 0 amide bonds. The van der Waals surface area contributed by atoms with Gasteiger partial charge >= 0.3 is 0 Å². The topological polar surface area (TPSA) is 12.0 Å². The van der Waals surface area contributed by atoms with Gasteiger partial charge in [-0.15, -0.1) is 0 Å². The minimum atomic E-state index is 0.603. The van der Waals surface area contributed by atoms with Crippen LogP contribution in [0, 0.1) is 19.8 Å². The Morgan fingerprint density at radius 3 is 2.38 bits per heavy atom. The first kappa shape index (κ1) is 13.2. The van der Waals surface area contributed by atoms with Crippen LogP contribution in [0.4, 0.5) is 0 Å². The molecule has 0 fully saturated rings. The monoisotopic (exact) mass is 219 g/mol. The summed E-state index contributed by atoms with van der Waals surface area (Å²) in [5, 5.41) is 3.57. The molecule has 1 N–H and O–H groups in total. The zero-order chi connectivity index (χ0) is 12.1. The van der Waals surface area contributed by atoms with Gasteiger partial charge in [-0.3, -0.25) is 0 Å². The van der Waals surface area contributed by atoms with Crippen molar-refractivity contribution in [1.82, 2.24) is 5.32 Å². The van der Waals surface area contributed by atoms with Crippen molar-refractivity contribution in [2.75, 3.05) is 6.54 Å². The van der Waals surface area contributed by atoms with Crippen molar-refractivity contribution < 1.29 is 0 Å². The third kappa shape index (κ3) is 3.97. The van der Waals surface area contributed by atoms with Gasteiger partial charge in [-0.05, 0) is 50.8 Å². The van der Waals surface area contributed by atoms with Gasteiger partial charge < -0.3 is 5.32 Å². The summed E-state index contributed by atoms with van der Waals surface area (Å²) in [7, 11) is 0. The van der Waals surface area contributed by atoms with E-state index in [1.54, 1.807) is 0 Å². The maximum atomic E-state index is 3.57. The van der Waals surface area contributed by atoms with Gasteiger partial charge in [-0.1, -0.05) is 37.6 Å². The standard InChI is InChI=1S/C15H25N/c1-11(2)14(5)16-9-8-15-7-6-12(3)10-13(15)4/h6-7,10-11,14,16H,8-9H2,1-5H3. The first-order valence-electron chi connectivity index (χ1n) is 6.30. The average molecular weight is 219 g/mol. The Bertz CT molecular complexity index is 328. The van der Waals surface area contributed by atoms with Gasteiger partial charge in [-0.25, -0.2) is 0 Å². The molecule has 16 heavy (non-hydrogen) atoms. The van der Waals surface area contributed by atoms with Gasteiger partial charge in [0.15, 0.2) is 0 Å². The fourth-order valence-electron chi connectivity index (χ4n) is 1.80. The van der Waals surface area contributed by atoms with Crippen LogP contribution in [0.1, 0.15) is 37.5 Å². The fourth-order valence-corrected chi connectivity index (χ4v) is 1.80. The summed E-state index contributed by atoms with van der Waals surface area (Å²) >= 11 is 0. The van der Waals surface area contributed by atoms with Crippen LogP contribution < -0.4 is 5.32 Å². The highest BCUT2D eigenvalue weighted by atomic mass is 14.9. The van der Waals surface area contributed by atoms with Crippen molar-refractivity contribution in [3.8, 4) is 0 Å². The van der Waals surface area contributed by atoms with Crippen molar-refractivity contribution >= 4 is 0 Å². The number of hydrogen-bond acceptors (Lipinski definition) is 1. The predicted molar refractivity (Wildman–Crippen MR) is 71.9 cm³/mol. The van der Waals surface area contributed by atoms with Gasteiger partial charge in [0.1, 0.15) is 0 Å². The third-order valence-corrected chi connectivity index (χ3v) is 3.36. The van der Waals surface area contributed by atoms with Gasteiger partial charge in [0.2, 0.25) is 0 Å². The quantitative estimate of drug-likeness (QED) is 0.799. The summed E-state index contributed by atoms with van der Waals surface area (Å²) in [6.07, 6.45) is 1.13. The number of aryl methyl sites for hydroxylation is 2. The van der Waals surface area contributed by atoms with Crippen LogP contribution in [0.15, 0.2) is 18.2 Å². The lowest BCUT2D eigenvalue weighted by atomic mass is 10.0. The minimum absolute atomic E-state index is 0.603. The van der Waals surface area contributed by atoms with Crippen LogP contribution in [0.5, 0.6) is 0 Å². The summed E-state index contributed by atoms with van der Waals surface area (Å²) in [6, 6.07) is 7.33. The van der Waals surface area contributed by atoms with E-state index in [0.29, 0.717) is 12.0 Å². The number of rotatable bonds is 5. The second-order valence-corrected chi connectivity index (χ2v) is 5.17. The average Bonchev–Trinajstić information content (AvgIpc) is 2.20. The van der Waals surface area contributed by atoms with E-state index in [1.165, 1.54) is 16.7 Å². The van der Waals surface area contributed by atoms with Gasteiger partial charge in [0.25, 0.3) is 0 Å². The first-order chi connectivity index (χ1) is 7.50. The summed E-state index contributed by atoms with van der Waals surface area (Å²) in [5.41, 5.74) is 4.23. The second kappa shape index (κ2) is 6.05.